The second-order valence-electron chi connectivity index (χ2n) is 4.54. The fourth-order valence-electron chi connectivity index (χ4n) is 1.90. The van der Waals surface area contributed by atoms with Crippen molar-refractivity contribution in [2.45, 2.75) is 13.8 Å². The van der Waals surface area contributed by atoms with E-state index in [0.717, 1.165) is 11.1 Å². The van der Waals surface area contributed by atoms with E-state index in [1.807, 2.05) is 32.0 Å². The maximum absolute atomic E-state index is 12.0. The number of Topliss-reactive ketones (excluding diaryl/α,β-unsaturated/α-hetero) is 1. The molecule has 0 unspecified atom stereocenters. The molecule has 0 amide bonds. The lowest BCUT2D eigenvalue weighted by molar-refractivity contribution is 0.0921. The van der Waals surface area contributed by atoms with E-state index < -0.39 is 0 Å². The number of halogens is 1. The van der Waals surface area contributed by atoms with Crippen LogP contribution in [0, 0.1) is 13.8 Å². The van der Waals surface area contributed by atoms with Gasteiger partial charge in [-0.25, -0.2) is 0 Å². The van der Waals surface area contributed by atoms with Crippen molar-refractivity contribution >= 4 is 17.4 Å². The first-order valence-electron chi connectivity index (χ1n) is 6.04. The van der Waals surface area contributed by atoms with E-state index in [9.17, 15) is 4.79 Å². The molecule has 3 heteroatoms. The number of rotatable bonds is 4. The van der Waals surface area contributed by atoms with Gasteiger partial charge in [-0.15, -0.1) is 0 Å². The molecule has 2 nitrogen and oxygen atoms in total. The van der Waals surface area contributed by atoms with Crippen LogP contribution in [0.4, 0.5) is 0 Å². The van der Waals surface area contributed by atoms with E-state index in [1.165, 1.54) is 0 Å². The van der Waals surface area contributed by atoms with E-state index in [0.29, 0.717) is 16.3 Å². The Labute approximate surface area is 118 Å². The van der Waals surface area contributed by atoms with Crippen LogP contribution >= 0.6 is 11.6 Å². The van der Waals surface area contributed by atoms with Crippen LogP contribution in [-0.4, -0.2) is 12.4 Å². The van der Waals surface area contributed by atoms with Gasteiger partial charge in [0.05, 0.1) is 0 Å². The lowest BCUT2D eigenvalue weighted by Gasteiger charge is -2.07. The summed E-state index contributed by atoms with van der Waals surface area (Å²) in [6, 6.07) is 12.8. The second-order valence-corrected chi connectivity index (χ2v) is 4.98. The molecule has 0 aromatic heterocycles. The zero-order valence-corrected chi connectivity index (χ0v) is 11.7. The molecular weight excluding hydrogens is 260 g/mol. The molecule has 0 atom stereocenters. The summed E-state index contributed by atoms with van der Waals surface area (Å²) in [5, 5.41) is 0.646. The number of hydrogen-bond acceptors (Lipinski definition) is 2. The molecule has 0 aliphatic heterocycles. The highest BCUT2D eigenvalue weighted by atomic mass is 35.5. The fraction of sp³-hybridized carbons (Fsp3) is 0.188. The zero-order valence-electron chi connectivity index (χ0n) is 10.9. The minimum atomic E-state index is -0.0262. The molecule has 0 saturated carbocycles. The predicted octanol–water partition coefficient (Wildman–Crippen LogP) is 4.22. The molecule has 2 aromatic rings. The summed E-state index contributed by atoms with van der Waals surface area (Å²) in [5.74, 6) is 0.615. The van der Waals surface area contributed by atoms with Gasteiger partial charge in [-0.2, -0.15) is 0 Å². The van der Waals surface area contributed by atoms with Crippen LogP contribution in [0.15, 0.2) is 42.5 Å². The minimum absolute atomic E-state index is 0.0262. The molecule has 0 saturated heterocycles. The van der Waals surface area contributed by atoms with E-state index in [4.69, 9.17) is 16.3 Å². The normalized spacial score (nSPS) is 10.3. The predicted molar refractivity (Wildman–Crippen MR) is 77.2 cm³/mol. The largest absolute Gasteiger partial charge is 0.485 e. The molecule has 98 valence electrons. The van der Waals surface area contributed by atoms with Crippen LogP contribution in [0.5, 0.6) is 5.75 Å². The van der Waals surface area contributed by atoms with Crippen molar-refractivity contribution in [3.63, 3.8) is 0 Å². The van der Waals surface area contributed by atoms with Gasteiger partial charge in [0.1, 0.15) is 5.75 Å². The number of hydrogen-bond donors (Lipinski definition) is 0. The summed E-state index contributed by atoms with van der Waals surface area (Å²) in [7, 11) is 0. The first kappa shape index (κ1) is 13.6. The van der Waals surface area contributed by atoms with Crippen LogP contribution < -0.4 is 4.74 Å². The Morgan fingerprint density at radius 2 is 1.63 bits per heavy atom. The van der Waals surface area contributed by atoms with Gasteiger partial charge in [0.15, 0.2) is 12.4 Å². The van der Waals surface area contributed by atoms with E-state index in [-0.39, 0.29) is 12.4 Å². The standard InChI is InChI=1S/C16H15ClO2/c1-11-7-12(2)9-13(8-11)16(18)10-19-15-5-3-14(17)4-6-15/h3-9H,10H2,1-2H3. The summed E-state index contributed by atoms with van der Waals surface area (Å²) in [4.78, 5) is 12.0. The molecule has 0 radical (unpaired) electrons. The average Bonchev–Trinajstić information content (AvgIpc) is 2.36. The lowest BCUT2D eigenvalue weighted by Crippen LogP contribution is -2.12. The van der Waals surface area contributed by atoms with Gasteiger partial charge >= 0.3 is 0 Å². The van der Waals surface area contributed by atoms with Gasteiger partial charge in [0, 0.05) is 10.6 Å². The third-order valence-corrected chi connectivity index (χ3v) is 2.98. The van der Waals surface area contributed by atoms with E-state index in [2.05, 4.69) is 0 Å². The van der Waals surface area contributed by atoms with Crippen molar-refractivity contribution in [3.05, 3.63) is 64.2 Å². The van der Waals surface area contributed by atoms with Crippen molar-refractivity contribution in [1.29, 1.82) is 0 Å². The fourth-order valence-corrected chi connectivity index (χ4v) is 2.02. The molecule has 0 heterocycles. The molecule has 0 bridgehead atoms. The molecule has 0 aliphatic carbocycles. The summed E-state index contributed by atoms with van der Waals surface area (Å²) < 4.78 is 5.45. The average molecular weight is 275 g/mol. The van der Waals surface area contributed by atoms with Gasteiger partial charge in [0.25, 0.3) is 0 Å². The Balaban J connectivity index is 2.03. The van der Waals surface area contributed by atoms with E-state index in [1.54, 1.807) is 24.3 Å². The van der Waals surface area contributed by atoms with Crippen LogP contribution in [0.1, 0.15) is 21.5 Å². The second kappa shape index (κ2) is 5.89. The molecule has 19 heavy (non-hydrogen) atoms. The topological polar surface area (TPSA) is 26.3 Å². The summed E-state index contributed by atoms with van der Waals surface area (Å²) >= 11 is 5.78. The molecule has 0 spiro atoms. The molecule has 0 N–H and O–H groups in total. The number of ether oxygens (including phenoxy) is 1. The maximum atomic E-state index is 12.0. The molecular formula is C16H15ClO2. The van der Waals surface area contributed by atoms with Crippen LogP contribution in [0.25, 0.3) is 0 Å². The highest BCUT2D eigenvalue weighted by molar-refractivity contribution is 6.30. The maximum Gasteiger partial charge on any atom is 0.200 e. The van der Waals surface area contributed by atoms with Crippen molar-refractivity contribution < 1.29 is 9.53 Å². The van der Waals surface area contributed by atoms with Crippen LogP contribution in [0.3, 0.4) is 0 Å². The van der Waals surface area contributed by atoms with Gasteiger partial charge in [-0.05, 0) is 50.2 Å². The Kier molecular flexibility index (Phi) is 4.23. The molecule has 2 aromatic carbocycles. The smallest absolute Gasteiger partial charge is 0.200 e. The lowest BCUT2D eigenvalue weighted by atomic mass is 10.0. The number of ketones is 1. The van der Waals surface area contributed by atoms with Crippen molar-refractivity contribution in [2.75, 3.05) is 6.61 Å². The van der Waals surface area contributed by atoms with Crippen LogP contribution in [0.2, 0.25) is 5.02 Å². The molecule has 0 aliphatic rings. The molecule has 2 rings (SSSR count). The SMILES string of the molecule is Cc1cc(C)cc(C(=O)COc2ccc(Cl)cc2)c1. The Morgan fingerprint density at radius 3 is 2.21 bits per heavy atom. The summed E-state index contributed by atoms with van der Waals surface area (Å²) in [6.45, 7) is 3.98. The van der Waals surface area contributed by atoms with Gasteiger partial charge in [-0.3, -0.25) is 4.79 Å². The zero-order chi connectivity index (χ0) is 13.8. The quantitative estimate of drug-likeness (QED) is 0.781. The first-order valence-corrected chi connectivity index (χ1v) is 6.42. The Morgan fingerprint density at radius 1 is 1.05 bits per heavy atom. The minimum Gasteiger partial charge on any atom is -0.485 e. The summed E-state index contributed by atoms with van der Waals surface area (Å²) in [6.07, 6.45) is 0. The highest BCUT2D eigenvalue weighted by Gasteiger charge is 2.08. The monoisotopic (exact) mass is 274 g/mol. The molecule has 0 fully saturated rings. The summed E-state index contributed by atoms with van der Waals surface area (Å²) in [5.41, 5.74) is 2.84. The third kappa shape index (κ3) is 3.83. The Bertz CT molecular complexity index is 568. The van der Waals surface area contributed by atoms with Crippen molar-refractivity contribution in [3.8, 4) is 5.75 Å². The highest BCUT2D eigenvalue weighted by Crippen LogP contribution is 2.16. The van der Waals surface area contributed by atoms with Crippen molar-refractivity contribution in [2.24, 2.45) is 0 Å². The number of carbonyl (C=O) groups excluding carboxylic acids is 1. The Hall–Kier alpha value is -1.80. The first-order chi connectivity index (χ1) is 9.04. The van der Waals surface area contributed by atoms with Crippen molar-refractivity contribution in [1.82, 2.24) is 0 Å². The van der Waals surface area contributed by atoms with Gasteiger partial charge in [0.2, 0.25) is 0 Å². The van der Waals surface area contributed by atoms with Crippen LogP contribution in [-0.2, 0) is 0 Å². The van der Waals surface area contributed by atoms with Gasteiger partial charge < -0.3 is 4.74 Å². The third-order valence-electron chi connectivity index (χ3n) is 2.73. The van der Waals surface area contributed by atoms with Gasteiger partial charge in [-0.1, -0.05) is 28.8 Å². The number of carbonyl (C=O) groups is 1. The van der Waals surface area contributed by atoms with E-state index >= 15 is 0 Å². The number of benzene rings is 2. The number of aryl methyl sites for hydroxylation is 2.